The molecular weight excluding hydrogens is 402 g/mol. The van der Waals surface area contributed by atoms with E-state index in [1.807, 2.05) is 19.9 Å². The van der Waals surface area contributed by atoms with Crippen molar-refractivity contribution in [3.05, 3.63) is 84.4 Å². The second-order valence-corrected chi connectivity index (χ2v) is 8.30. The molecule has 0 radical (unpaired) electrons. The number of amides is 1. The third kappa shape index (κ3) is 4.99. The molecule has 0 saturated carbocycles. The second-order valence-electron chi connectivity index (χ2n) is 6.51. The summed E-state index contributed by atoms with van der Waals surface area (Å²) in [5, 5.41) is 0. The summed E-state index contributed by atoms with van der Waals surface area (Å²) in [5.74, 6) is 0.374. The standard InChI is InChI=1S/C23H23NO5S/c1-3-28-20-14-12-19(13-15-20)24(30(26,27)22-10-5-4-6-11-22)23(25)17-29-21-9-7-8-18(2)16-21/h4-16H,3,17H2,1-2H3. The van der Waals surface area contributed by atoms with Crippen molar-refractivity contribution in [2.45, 2.75) is 18.7 Å². The highest BCUT2D eigenvalue weighted by molar-refractivity contribution is 7.93. The van der Waals surface area contributed by atoms with Gasteiger partial charge in [-0.15, -0.1) is 0 Å². The van der Waals surface area contributed by atoms with Gasteiger partial charge >= 0.3 is 0 Å². The molecule has 6 nitrogen and oxygen atoms in total. The summed E-state index contributed by atoms with van der Waals surface area (Å²) in [6.45, 7) is 3.81. The maximum atomic E-state index is 13.3. The van der Waals surface area contributed by atoms with Crippen molar-refractivity contribution in [1.29, 1.82) is 0 Å². The monoisotopic (exact) mass is 425 g/mol. The van der Waals surface area contributed by atoms with E-state index in [0.29, 0.717) is 18.1 Å². The zero-order valence-electron chi connectivity index (χ0n) is 16.8. The lowest BCUT2D eigenvalue weighted by Crippen LogP contribution is -2.40. The first-order chi connectivity index (χ1) is 14.4. The minimum Gasteiger partial charge on any atom is -0.494 e. The summed E-state index contributed by atoms with van der Waals surface area (Å²) in [6.07, 6.45) is 0. The number of aryl methyl sites for hydroxylation is 1. The Morgan fingerprint density at radius 3 is 2.20 bits per heavy atom. The molecule has 7 heteroatoms. The highest BCUT2D eigenvalue weighted by Gasteiger charge is 2.31. The molecule has 0 aliphatic heterocycles. The number of hydrogen-bond donors (Lipinski definition) is 0. The van der Waals surface area contributed by atoms with Gasteiger partial charge in [-0.1, -0.05) is 30.3 Å². The van der Waals surface area contributed by atoms with Gasteiger partial charge in [-0.3, -0.25) is 4.79 Å². The fraction of sp³-hybridized carbons (Fsp3) is 0.174. The highest BCUT2D eigenvalue weighted by Crippen LogP contribution is 2.26. The molecule has 0 bridgehead atoms. The largest absolute Gasteiger partial charge is 0.494 e. The Morgan fingerprint density at radius 2 is 1.57 bits per heavy atom. The summed E-state index contributed by atoms with van der Waals surface area (Å²) in [7, 11) is -4.13. The Bertz CT molecular complexity index is 1100. The number of benzene rings is 3. The van der Waals surface area contributed by atoms with Crippen molar-refractivity contribution in [1.82, 2.24) is 0 Å². The molecule has 156 valence electrons. The Balaban J connectivity index is 1.93. The lowest BCUT2D eigenvalue weighted by atomic mass is 10.2. The topological polar surface area (TPSA) is 72.9 Å². The lowest BCUT2D eigenvalue weighted by molar-refractivity contribution is -0.119. The zero-order chi connectivity index (χ0) is 21.6. The fourth-order valence-corrected chi connectivity index (χ4v) is 4.30. The molecule has 30 heavy (non-hydrogen) atoms. The first-order valence-electron chi connectivity index (χ1n) is 9.47. The van der Waals surface area contributed by atoms with Crippen molar-refractivity contribution in [2.75, 3.05) is 17.5 Å². The Kier molecular flexibility index (Phi) is 6.74. The van der Waals surface area contributed by atoms with Crippen molar-refractivity contribution in [2.24, 2.45) is 0 Å². The van der Waals surface area contributed by atoms with Crippen LogP contribution in [-0.2, 0) is 14.8 Å². The van der Waals surface area contributed by atoms with Crippen LogP contribution in [0.3, 0.4) is 0 Å². The quantitative estimate of drug-likeness (QED) is 0.541. The smallest absolute Gasteiger partial charge is 0.278 e. The maximum absolute atomic E-state index is 13.3. The number of anilines is 1. The van der Waals surface area contributed by atoms with Crippen molar-refractivity contribution < 1.29 is 22.7 Å². The van der Waals surface area contributed by atoms with Crippen LogP contribution in [0.25, 0.3) is 0 Å². The van der Waals surface area contributed by atoms with E-state index in [-0.39, 0.29) is 10.6 Å². The number of hydrogen-bond acceptors (Lipinski definition) is 5. The fourth-order valence-electron chi connectivity index (χ4n) is 2.87. The van der Waals surface area contributed by atoms with Crippen LogP contribution in [0, 0.1) is 6.92 Å². The van der Waals surface area contributed by atoms with Crippen LogP contribution in [0.4, 0.5) is 5.69 Å². The summed E-state index contributed by atoms with van der Waals surface area (Å²) in [4.78, 5) is 13.0. The summed E-state index contributed by atoms with van der Waals surface area (Å²) < 4.78 is 38.3. The van der Waals surface area contributed by atoms with Crippen LogP contribution >= 0.6 is 0 Å². The number of ether oxygens (including phenoxy) is 2. The van der Waals surface area contributed by atoms with Crippen LogP contribution in [0.1, 0.15) is 12.5 Å². The minimum atomic E-state index is -4.13. The molecule has 0 spiro atoms. The van der Waals surface area contributed by atoms with E-state index in [4.69, 9.17) is 9.47 Å². The van der Waals surface area contributed by atoms with Gasteiger partial charge in [0.25, 0.3) is 15.9 Å². The first kappa shape index (κ1) is 21.4. The number of rotatable bonds is 8. The molecule has 0 aromatic heterocycles. The first-order valence-corrected chi connectivity index (χ1v) is 10.9. The van der Waals surface area contributed by atoms with E-state index < -0.39 is 22.5 Å². The second kappa shape index (κ2) is 9.45. The van der Waals surface area contributed by atoms with Gasteiger partial charge < -0.3 is 9.47 Å². The number of carbonyl (C=O) groups excluding carboxylic acids is 1. The molecule has 0 fully saturated rings. The van der Waals surface area contributed by atoms with Crippen molar-refractivity contribution >= 4 is 21.6 Å². The highest BCUT2D eigenvalue weighted by atomic mass is 32.2. The van der Waals surface area contributed by atoms with Crippen LogP contribution in [-0.4, -0.2) is 27.5 Å². The molecule has 0 heterocycles. The molecule has 3 rings (SSSR count). The van der Waals surface area contributed by atoms with Crippen molar-refractivity contribution in [3.8, 4) is 11.5 Å². The summed E-state index contributed by atoms with van der Waals surface area (Å²) in [5.41, 5.74) is 1.18. The molecule has 0 aliphatic rings. The van der Waals surface area contributed by atoms with E-state index in [9.17, 15) is 13.2 Å². The molecule has 0 N–H and O–H groups in total. The molecule has 0 aliphatic carbocycles. The van der Waals surface area contributed by atoms with Gasteiger partial charge in [0.05, 0.1) is 17.2 Å². The third-order valence-electron chi connectivity index (χ3n) is 4.24. The number of sulfonamides is 1. The molecule has 0 atom stereocenters. The van der Waals surface area contributed by atoms with Gasteiger partial charge in [0.15, 0.2) is 6.61 Å². The number of nitrogens with zero attached hydrogens (tertiary/aromatic N) is 1. The molecule has 1 amide bonds. The number of carbonyl (C=O) groups is 1. The van der Waals surface area contributed by atoms with Gasteiger partial charge in [-0.25, -0.2) is 8.42 Å². The Labute approximate surface area is 176 Å². The Morgan fingerprint density at radius 1 is 0.867 bits per heavy atom. The van der Waals surface area contributed by atoms with Gasteiger partial charge in [0, 0.05) is 0 Å². The Hall–Kier alpha value is -3.32. The predicted octanol–water partition coefficient (Wildman–Crippen LogP) is 4.19. The molecule has 3 aromatic rings. The van der Waals surface area contributed by atoms with Crippen molar-refractivity contribution in [3.63, 3.8) is 0 Å². The SMILES string of the molecule is CCOc1ccc(N(C(=O)COc2cccc(C)c2)S(=O)(=O)c2ccccc2)cc1. The average Bonchev–Trinajstić information content (AvgIpc) is 2.74. The third-order valence-corrected chi connectivity index (χ3v) is 6.01. The lowest BCUT2D eigenvalue weighted by Gasteiger charge is -2.23. The van der Waals surface area contributed by atoms with Crippen LogP contribution in [0.2, 0.25) is 0 Å². The normalized spacial score (nSPS) is 11.0. The van der Waals surface area contributed by atoms with Gasteiger partial charge in [-0.05, 0) is 67.9 Å². The van der Waals surface area contributed by atoms with Gasteiger partial charge in [0.1, 0.15) is 11.5 Å². The van der Waals surface area contributed by atoms with E-state index in [2.05, 4.69) is 0 Å². The van der Waals surface area contributed by atoms with E-state index in [0.717, 1.165) is 9.87 Å². The molecule has 0 unspecified atom stereocenters. The minimum absolute atomic E-state index is 0.0165. The van der Waals surface area contributed by atoms with Gasteiger partial charge in [-0.2, -0.15) is 4.31 Å². The van der Waals surface area contributed by atoms with E-state index >= 15 is 0 Å². The molecular formula is C23H23NO5S. The van der Waals surface area contributed by atoms with E-state index in [1.54, 1.807) is 48.5 Å². The molecule has 0 saturated heterocycles. The maximum Gasteiger partial charge on any atom is 0.278 e. The molecule has 3 aromatic carbocycles. The van der Waals surface area contributed by atoms with Gasteiger partial charge in [0.2, 0.25) is 0 Å². The van der Waals surface area contributed by atoms with Crippen LogP contribution in [0.15, 0.2) is 83.8 Å². The summed E-state index contributed by atoms with van der Waals surface area (Å²) in [6, 6.07) is 21.4. The zero-order valence-corrected chi connectivity index (χ0v) is 17.6. The average molecular weight is 426 g/mol. The predicted molar refractivity (Wildman–Crippen MR) is 115 cm³/mol. The van der Waals surface area contributed by atoms with Crippen LogP contribution < -0.4 is 13.8 Å². The van der Waals surface area contributed by atoms with E-state index in [1.165, 1.54) is 24.3 Å². The van der Waals surface area contributed by atoms with Crippen LogP contribution in [0.5, 0.6) is 11.5 Å². The summed E-state index contributed by atoms with van der Waals surface area (Å²) >= 11 is 0.